The summed E-state index contributed by atoms with van der Waals surface area (Å²) in [6.45, 7) is 3.20. The van der Waals surface area contributed by atoms with E-state index >= 15 is 0 Å². The van der Waals surface area contributed by atoms with Gasteiger partial charge in [0.15, 0.2) is 0 Å². The van der Waals surface area contributed by atoms with E-state index in [9.17, 15) is 4.79 Å². The van der Waals surface area contributed by atoms with Crippen molar-refractivity contribution in [2.45, 2.75) is 19.4 Å². The van der Waals surface area contributed by atoms with E-state index in [0.717, 1.165) is 24.1 Å². The van der Waals surface area contributed by atoms with E-state index in [1.54, 1.807) is 12.0 Å². The van der Waals surface area contributed by atoms with Crippen LogP contribution < -0.4 is 5.32 Å². The van der Waals surface area contributed by atoms with Crippen molar-refractivity contribution in [3.63, 3.8) is 0 Å². The molecule has 0 aliphatic carbocycles. The largest absolute Gasteiger partial charge is 0.396 e. The average Bonchev–Trinajstić information content (AvgIpc) is 2.59. The van der Waals surface area contributed by atoms with Gasteiger partial charge in [-0.05, 0) is 36.5 Å². The summed E-state index contributed by atoms with van der Waals surface area (Å²) in [7, 11) is 1.64. The fourth-order valence-electron chi connectivity index (χ4n) is 2.59. The lowest BCUT2D eigenvalue weighted by molar-refractivity contribution is 0.0617. The van der Waals surface area contributed by atoms with Crippen LogP contribution in [-0.2, 0) is 16.1 Å². The van der Waals surface area contributed by atoms with Gasteiger partial charge in [-0.3, -0.25) is 0 Å². The van der Waals surface area contributed by atoms with Crippen molar-refractivity contribution in [2.75, 3.05) is 45.3 Å². The number of benzene rings is 1. The molecule has 0 bridgehead atoms. The van der Waals surface area contributed by atoms with Crippen LogP contribution >= 0.6 is 0 Å². The fourth-order valence-corrected chi connectivity index (χ4v) is 2.59. The van der Waals surface area contributed by atoms with Gasteiger partial charge in [0.25, 0.3) is 0 Å². The molecule has 2 amide bonds. The van der Waals surface area contributed by atoms with E-state index in [2.05, 4.69) is 5.32 Å². The van der Waals surface area contributed by atoms with Crippen molar-refractivity contribution in [2.24, 2.45) is 5.92 Å². The molecule has 1 aromatic carbocycles. The highest BCUT2D eigenvalue weighted by molar-refractivity contribution is 5.89. The summed E-state index contributed by atoms with van der Waals surface area (Å²) in [6, 6.07) is 7.58. The summed E-state index contributed by atoms with van der Waals surface area (Å²) in [4.78, 5) is 14.1. The lowest BCUT2D eigenvalue weighted by Gasteiger charge is -2.31. The molecule has 0 spiro atoms. The van der Waals surface area contributed by atoms with Gasteiger partial charge in [0.1, 0.15) is 0 Å². The van der Waals surface area contributed by atoms with Gasteiger partial charge in [-0.1, -0.05) is 12.1 Å². The number of rotatable bonds is 7. The minimum Gasteiger partial charge on any atom is -0.396 e. The molecule has 0 aromatic heterocycles. The van der Waals surface area contributed by atoms with Gasteiger partial charge in [0.2, 0.25) is 0 Å². The second-order valence-electron chi connectivity index (χ2n) is 5.79. The third kappa shape index (κ3) is 5.82. The monoisotopic (exact) mass is 322 g/mol. The highest BCUT2D eigenvalue weighted by Gasteiger charge is 2.22. The molecule has 2 rings (SSSR count). The van der Waals surface area contributed by atoms with Gasteiger partial charge < -0.3 is 24.8 Å². The molecule has 6 heteroatoms. The van der Waals surface area contributed by atoms with E-state index in [1.807, 2.05) is 24.3 Å². The Morgan fingerprint density at radius 2 is 2.13 bits per heavy atom. The van der Waals surface area contributed by atoms with Crippen LogP contribution in [0.15, 0.2) is 24.3 Å². The zero-order valence-corrected chi connectivity index (χ0v) is 13.7. The standard InChI is InChI=1S/C17H26N2O4/c1-22-9-10-23-13-15-3-2-4-16(11-15)18-17(21)19-7-5-14(12-20)6-8-19/h2-4,11,14,20H,5-10,12-13H2,1H3,(H,18,21). The van der Waals surface area contributed by atoms with Crippen molar-refractivity contribution in [3.8, 4) is 0 Å². The summed E-state index contributed by atoms with van der Waals surface area (Å²) in [5.74, 6) is 0.326. The van der Waals surface area contributed by atoms with Crippen LogP contribution in [0.2, 0.25) is 0 Å². The van der Waals surface area contributed by atoms with Crippen molar-refractivity contribution < 1.29 is 19.4 Å². The fraction of sp³-hybridized carbons (Fsp3) is 0.588. The molecule has 0 unspecified atom stereocenters. The predicted molar refractivity (Wildman–Crippen MR) is 88.4 cm³/mol. The van der Waals surface area contributed by atoms with Gasteiger partial charge in [0.05, 0.1) is 19.8 Å². The van der Waals surface area contributed by atoms with Crippen LogP contribution in [0.1, 0.15) is 18.4 Å². The molecule has 0 atom stereocenters. The summed E-state index contributed by atoms with van der Waals surface area (Å²) in [6.07, 6.45) is 1.72. The van der Waals surface area contributed by atoms with E-state index in [-0.39, 0.29) is 12.6 Å². The first-order valence-electron chi connectivity index (χ1n) is 8.05. The highest BCUT2D eigenvalue weighted by Crippen LogP contribution is 2.18. The number of hydrogen-bond acceptors (Lipinski definition) is 4. The number of hydrogen-bond donors (Lipinski definition) is 2. The number of urea groups is 1. The topological polar surface area (TPSA) is 71.0 Å². The molecule has 1 aliphatic heterocycles. The molecule has 0 radical (unpaired) electrons. The number of nitrogens with one attached hydrogen (secondary N) is 1. The van der Waals surface area contributed by atoms with Crippen LogP contribution in [0.4, 0.5) is 10.5 Å². The normalized spacial score (nSPS) is 15.7. The molecule has 23 heavy (non-hydrogen) atoms. The summed E-state index contributed by atoms with van der Waals surface area (Å²) >= 11 is 0. The zero-order valence-electron chi connectivity index (χ0n) is 13.7. The Kier molecular flexibility index (Phi) is 7.32. The van der Waals surface area contributed by atoms with Gasteiger partial charge in [-0.25, -0.2) is 4.79 Å². The molecule has 2 N–H and O–H groups in total. The van der Waals surface area contributed by atoms with Gasteiger partial charge in [-0.2, -0.15) is 0 Å². The van der Waals surface area contributed by atoms with Crippen LogP contribution in [0.3, 0.4) is 0 Å². The quantitative estimate of drug-likeness (QED) is 0.754. The number of anilines is 1. The summed E-state index contributed by atoms with van der Waals surface area (Å²) in [5, 5.41) is 12.1. The average molecular weight is 322 g/mol. The maximum Gasteiger partial charge on any atom is 0.321 e. The SMILES string of the molecule is COCCOCc1cccc(NC(=O)N2CCC(CO)CC2)c1. The van der Waals surface area contributed by atoms with Crippen LogP contribution in [0.25, 0.3) is 0 Å². The van der Waals surface area contributed by atoms with Gasteiger partial charge in [0, 0.05) is 32.5 Å². The maximum atomic E-state index is 12.3. The first kappa shape index (κ1) is 17.7. The number of aliphatic hydroxyl groups is 1. The Morgan fingerprint density at radius 1 is 1.35 bits per heavy atom. The molecule has 6 nitrogen and oxygen atoms in total. The first-order chi connectivity index (χ1) is 11.2. The maximum absolute atomic E-state index is 12.3. The van der Waals surface area contributed by atoms with Crippen LogP contribution in [-0.4, -0.2) is 56.1 Å². The van der Waals surface area contributed by atoms with Crippen molar-refractivity contribution in [1.82, 2.24) is 4.90 Å². The number of methoxy groups -OCH3 is 1. The number of nitrogens with zero attached hydrogens (tertiary/aromatic N) is 1. The number of carbonyl (C=O) groups is 1. The lowest BCUT2D eigenvalue weighted by atomic mass is 9.98. The van der Waals surface area contributed by atoms with E-state index in [0.29, 0.717) is 38.8 Å². The molecule has 1 aliphatic rings. The molecule has 1 saturated heterocycles. The summed E-state index contributed by atoms with van der Waals surface area (Å²) in [5.41, 5.74) is 1.78. The number of ether oxygens (including phenoxy) is 2. The van der Waals surface area contributed by atoms with Gasteiger partial charge >= 0.3 is 6.03 Å². The van der Waals surface area contributed by atoms with E-state index < -0.39 is 0 Å². The molecule has 1 aromatic rings. The molecular formula is C17H26N2O4. The minimum absolute atomic E-state index is 0.0844. The van der Waals surface area contributed by atoms with Crippen molar-refractivity contribution in [3.05, 3.63) is 29.8 Å². The Balaban J connectivity index is 1.81. The van der Waals surface area contributed by atoms with E-state index in [1.165, 1.54) is 0 Å². The Morgan fingerprint density at radius 3 is 2.83 bits per heavy atom. The number of piperidine rings is 1. The smallest absolute Gasteiger partial charge is 0.321 e. The zero-order chi connectivity index (χ0) is 16.5. The number of likely N-dealkylation sites (tertiary alicyclic amines) is 1. The van der Waals surface area contributed by atoms with Crippen LogP contribution in [0, 0.1) is 5.92 Å². The highest BCUT2D eigenvalue weighted by atomic mass is 16.5. The Labute approximate surface area is 137 Å². The summed E-state index contributed by atoms with van der Waals surface area (Å²) < 4.78 is 10.4. The lowest BCUT2D eigenvalue weighted by Crippen LogP contribution is -2.41. The number of carbonyl (C=O) groups excluding carboxylic acids is 1. The molecule has 0 saturated carbocycles. The first-order valence-corrected chi connectivity index (χ1v) is 8.05. The predicted octanol–water partition coefficient (Wildman–Crippen LogP) is 2.09. The third-order valence-electron chi connectivity index (χ3n) is 4.04. The number of amides is 2. The van der Waals surface area contributed by atoms with Gasteiger partial charge in [-0.15, -0.1) is 0 Å². The van der Waals surface area contributed by atoms with E-state index in [4.69, 9.17) is 14.6 Å². The Bertz CT molecular complexity index is 487. The molecule has 1 fully saturated rings. The van der Waals surface area contributed by atoms with Crippen LogP contribution in [0.5, 0.6) is 0 Å². The molecule has 128 valence electrons. The molecule has 1 heterocycles. The van der Waals surface area contributed by atoms with Crippen molar-refractivity contribution in [1.29, 1.82) is 0 Å². The minimum atomic E-state index is -0.0844. The third-order valence-corrected chi connectivity index (χ3v) is 4.04. The Hall–Kier alpha value is -1.63. The second kappa shape index (κ2) is 9.50. The van der Waals surface area contributed by atoms with Crippen molar-refractivity contribution >= 4 is 11.7 Å². The molecular weight excluding hydrogens is 296 g/mol. The second-order valence-corrected chi connectivity index (χ2v) is 5.79. The number of aliphatic hydroxyl groups excluding tert-OH is 1.